The van der Waals surface area contributed by atoms with Crippen LogP contribution >= 0.6 is 11.6 Å². The maximum absolute atomic E-state index is 6.29. The largest absolute Gasteiger partial charge is 0.493 e. The summed E-state index contributed by atoms with van der Waals surface area (Å²) in [4.78, 5) is 0. The molecule has 2 heterocycles. The molecule has 0 spiro atoms. The maximum atomic E-state index is 6.29. The molecule has 0 fully saturated rings. The normalized spacial score (nSPS) is 23.0. The van der Waals surface area contributed by atoms with E-state index in [-0.39, 0.29) is 12.1 Å². The molecule has 108 valence electrons. The fourth-order valence-electron chi connectivity index (χ4n) is 3.09. The number of rotatable bonds is 1. The maximum Gasteiger partial charge on any atom is 0.126 e. The molecule has 2 aromatic carbocycles. The van der Waals surface area contributed by atoms with Gasteiger partial charge in [-0.15, -0.1) is 0 Å². The minimum Gasteiger partial charge on any atom is -0.493 e. The number of hydrogen-bond acceptors (Lipinski definition) is 3. The first kappa shape index (κ1) is 13.0. The van der Waals surface area contributed by atoms with Gasteiger partial charge in [-0.3, -0.25) is 0 Å². The summed E-state index contributed by atoms with van der Waals surface area (Å²) < 4.78 is 11.7. The summed E-state index contributed by atoms with van der Waals surface area (Å²) in [6, 6.07) is 11.9. The Morgan fingerprint density at radius 3 is 2.86 bits per heavy atom. The van der Waals surface area contributed by atoms with Gasteiger partial charge in [0.15, 0.2) is 0 Å². The van der Waals surface area contributed by atoms with Crippen molar-refractivity contribution in [1.29, 1.82) is 0 Å². The highest BCUT2D eigenvalue weighted by Crippen LogP contribution is 2.41. The molecule has 1 unspecified atom stereocenters. The lowest BCUT2D eigenvalue weighted by Crippen LogP contribution is -2.24. The summed E-state index contributed by atoms with van der Waals surface area (Å²) in [6.45, 7) is 0.769. The fraction of sp³-hybridized carbons (Fsp3) is 0.294. The topological polar surface area (TPSA) is 44.5 Å². The lowest BCUT2D eigenvalue weighted by Gasteiger charge is -2.31. The van der Waals surface area contributed by atoms with Crippen LogP contribution in [0.2, 0.25) is 5.02 Å². The van der Waals surface area contributed by atoms with Crippen LogP contribution in [-0.4, -0.2) is 6.61 Å². The molecule has 0 amide bonds. The van der Waals surface area contributed by atoms with Gasteiger partial charge < -0.3 is 15.2 Å². The molecule has 0 bridgehead atoms. The predicted octanol–water partition coefficient (Wildman–Crippen LogP) is 3.80. The lowest BCUT2D eigenvalue weighted by atomic mass is 9.92. The Labute approximate surface area is 128 Å². The van der Waals surface area contributed by atoms with Gasteiger partial charge in [0, 0.05) is 29.5 Å². The van der Waals surface area contributed by atoms with E-state index in [1.807, 2.05) is 24.3 Å². The minimum atomic E-state index is -0.0537. The van der Waals surface area contributed by atoms with Crippen LogP contribution in [-0.2, 0) is 6.42 Å². The van der Waals surface area contributed by atoms with E-state index in [1.54, 1.807) is 0 Å². The van der Waals surface area contributed by atoms with Crippen LogP contribution in [0.4, 0.5) is 0 Å². The SMILES string of the molecule is N[C@H]1CC(c2ccc3c(c2)CCO3)Oc2ccc(Cl)cc21. The first-order chi connectivity index (χ1) is 10.2. The van der Waals surface area contributed by atoms with E-state index in [2.05, 4.69) is 12.1 Å². The molecule has 2 atom stereocenters. The summed E-state index contributed by atoms with van der Waals surface area (Å²) in [7, 11) is 0. The van der Waals surface area contributed by atoms with Gasteiger partial charge in [-0.25, -0.2) is 0 Å². The number of benzene rings is 2. The molecule has 2 N–H and O–H groups in total. The molecular formula is C17H16ClNO2. The molecule has 4 heteroatoms. The summed E-state index contributed by atoms with van der Waals surface area (Å²) in [5.74, 6) is 1.82. The van der Waals surface area contributed by atoms with Crippen molar-refractivity contribution in [1.82, 2.24) is 0 Å². The first-order valence-electron chi connectivity index (χ1n) is 7.18. The molecule has 0 saturated heterocycles. The number of hydrogen-bond donors (Lipinski definition) is 1. The van der Waals surface area contributed by atoms with Crippen LogP contribution in [0, 0.1) is 0 Å². The van der Waals surface area contributed by atoms with Gasteiger partial charge in [-0.05, 0) is 41.5 Å². The molecule has 2 aromatic rings. The van der Waals surface area contributed by atoms with E-state index in [9.17, 15) is 0 Å². The Bertz CT molecular complexity index is 701. The van der Waals surface area contributed by atoms with Crippen LogP contribution in [0.15, 0.2) is 36.4 Å². The Kier molecular flexibility index (Phi) is 3.05. The van der Waals surface area contributed by atoms with E-state index >= 15 is 0 Å². The molecular weight excluding hydrogens is 286 g/mol. The third-order valence-corrected chi connectivity index (χ3v) is 4.43. The number of ether oxygens (including phenoxy) is 2. The third-order valence-electron chi connectivity index (χ3n) is 4.19. The second kappa shape index (κ2) is 4.93. The first-order valence-corrected chi connectivity index (χ1v) is 7.56. The van der Waals surface area contributed by atoms with Crippen LogP contribution in [0.5, 0.6) is 11.5 Å². The smallest absolute Gasteiger partial charge is 0.126 e. The zero-order chi connectivity index (χ0) is 14.4. The molecule has 0 radical (unpaired) electrons. The zero-order valence-corrected chi connectivity index (χ0v) is 12.3. The van der Waals surface area contributed by atoms with Crippen molar-refractivity contribution in [2.24, 2.45) is 5.73 Å². The summed E-state index contributed by atoms with van der Waals surface area (Å²) in [5.41, 5.74) is 9.70. The average molecular weight is 302 g/mol. The van der Waals surface area contributed by atoms with Crippen LogP contribution < -0.4 is 15.2 Å². The van der Waals surface area contributed by atoms with Gasteiger partial charge in [-0.2, -0.15) is 0 Å². The molecule has 3 nitrogen and oxygen atoms in total. The molecule has 21 heavy (non-hydrogen) atoms. The molecule has 0 aliphatic carbocycles. The Hall–Kier alpha value is -1.71. The highest BCUT2D eigenvalue weighted by Gasteiger charge is 2.28. The highest BCUT2D eigenvalue weighted by molar-refractivity contribution is 6.30. The Morgan fingerprint density at radius 2 is 1.95 bits per heavy atom. The minimum absolute atomic E-state index is 0.0143. The van der Waals surface area contributed by atoms with Gasteiger partial charge in [0.25, 0.3) is 0 Å². The Balaban J connectivity index is 1.67. The van der Waals surface area contributed by atoms with Crippen molar-refractivity contribution in [2.45, 2.75) is 25.0 Å². The standard InChI is InChI=1S/C17H16ClNO2/c18-12-2-4-16-13(8-12)14(19)9-17(21-16)10-1-3-15-11(7-10)5-6-20-15/h1-4,7-8,14,17H,5-6,9,19H2/t14-,17?/m0/s1. The molecule has 0 aromatic heterocycles. The third kappa shape index (κ3) is 2.27. The van der Waals surface area contributed by atoms with E-state index in [0.717, 1.165) is 42.1 Å². The van der Waals surface area contributed by atoms with Gasteiger partial charge >= 0.3 is 0 Å². The molecule has 4 rings (SSSR count). The van der Waals surface area contributed by atoms with E-state index < -0.39 is 0 Å². The number of halogens is 1. The summed E-state index contributed by atoms with van der Waals surface area (Å²) in [5, 5.41) is 0.695. The van der Waals surface area contributed by atoms with Crippen molar-refractivity contribution in [3.63, 3.8) is 0 Å². The van der Waals surface area contributed by atoms with Gasteiger partial charge in [0.05, 0.1) is 6.61 Å². The van der Waals surface area contributed by atoms with Crippen molar-refractivity contribution < 1.29 is 9.47 Å². The van der Waals surface area contributed by atoms with E-state index in [4.69, 9.17) is 26.8 Å². The zero-order valence-electron chi connectivity index (χ0n) is 11.5. The van der Waals surface area contributed by atoms with Gasteiger partial charge in [0.2, 0.25) is 0 Å². The lowest BCUT2D eigenvalue weighted by molar-refractivity contribution is 0.161. The van der Waals surface area contributed by atoms with Crippen LogP contribution in [0.1, 0.15) is 35.3 Å². The predicted molar refractivity (Wildman–Crippen MR) is 82.0 cm³/mol. The second-order valence-electron chi connectivity index (χ2n) is 5.60. The van der Waals surface area contributed by atoms with Gasteiger partial charge in [-0.1, -0.05) is 17.7 Å². The van der Waals surface area contributed by atoms with E-state index in [0.29, 0.717) is 5.02 Å². The van der Waals surface area contributed by atoms with Crippen molar-refractivity contribution in [3.05, 3.63) is 58.1 Å². The number of nitrogens with two attached hydrogens (primary N) is 1. The Morgan fingerprint density at radius 1 is 1.10 bits per heavy atom. The van der Waals surface area contributed by atoms with Crippen LogP contribution in [0.25, 0.3) is 0 Å². The number of fused-ring (bicyclic) bond motifs is 2. The average Bonchev–Trinajstić information content (AvgIpc) is 2.95. The second-order valence-corrected chi connectivity index (χ2v) is 6.03. The molecule has 2 aliphatic heterocycles. The van der Waals surface area contributed by atoms with Crippen molar-refractivity contribution in [3.8, 4) is 11.5 Å². The summed E-state index contributed by atoms with van der Waals surface area (Å²) >= 11 is 6.03. The highest BCUT2D eigenvalue weighted by atomic mass is 35.5. The van der Waals surface area contributed by atoms with Crippen molar-refractivity contribution in [2.75, 3.05) is 6.61 Å². The monoisotopic (exact) mass is 301 g/mol. The van der Waals surface area contributed by atoms with Gasteiger partial charge in [0.1, 0.15) is 17.6 Å². The fourth-order valence-corrected chi connectivity index (χ4v) is 3.27. The quantitative estimate of drug-likeness (QED) is 0.871. The van der Waals surface area contributed by atoms with E-state index in [1.165, 1.54) is 5.56 Å². The van der Waals surface area contributed by atoms with Crippen LogP contribution in [0.3, 0.4) is 0 Å². The van der Waals surface area contributed by atoms with Crippen molar-refractivity contribution >= 4 is 11.6 Å². The summed E-state index contributed by atoms with van der Waals surface area (Å²) in [6.07, 6.45) is 1.71. The molecule has 0 saturated carbocycles. The molecule has 2 aliphatic rings.